The van der Waals surface area contributed by atoms with E-state index in [1.807, 2.05) is 0 Å². The Morgan fingerprint density at radius 1 is 1.20 bits per heavy atom. The molecule has 0 saturated carbocycles. The number of hydrogen-bond donors (Lipinski definition) is 1. The van der Waals surface area contributed by atoms with Crippen LogP contribution in [0.25, 0.3) is 0 Å². The largest absolute Gasteiger partial charge is 0.396 e. The van der Waals surface area contributed by atoms with E-state index < -0.39 is 0 Å². The van der Waals surface area contributed by atoms with Crippen molar-refractivity contribution in [1.29, 1.82) is 0 Å². The number of carbonyl (C=O) groups is 1. The van der Waals surface area contributed by atoms with Crippen molar-refractivity contribution >= 4 is 6.29 Å². The minimum absolute atomic E-state index is 0.0832. The number of hydrogen-bond acceptors (Lipinski definition) is 2. The number of aldehydes is 1. The molecule has 0 aromatic carbocycles. The number of rotatable bonds is 9. The summed E-state index contributed by atoms with van der Waals surface area (Å²) < 4.78 is 0. The van der Waals surface area contributed by atoms with Crippen LogP contribution in [0.5, 0.6) is 0 Å². The van der Waals surface area contributed by atoms with Gasteiger partial charge in [-0.3, -0.25) is 0 Å². The molecule has 0 bridgehead atoms. The molecule has 2 atom stereocenters. The van der Waals surface area contributed by atoms with Crippen molar-refractivity contribution in [3.63, 3.8) is 0 Å². The van der Waals surface area contributed by atoms with Gasteiger partial charge in [-0.1, -0.05) is 32.4 Å². The fourth-order valence-electron chi connectivity index (χ4n) is 1.89. The van der Waals surface area contributed by atoms with Gasteiger partial charge in [0.2, 0.25) is 0 Å². The van der Waals surface area contributed by atoms with Crippen molar-refractivity contribution in [3.8, 4) is 0 Å². The summed E-state index contributed by atoms with van der Waals surface area (Å²) in [6, 6.07) is 0. The molecule has 0 aromatic rings. The average molecular weight is 212 g/mol. The zero-order chi connectivity index (χ0) is 11.5. The highest BCUT2D eigenvalue weighted by atomic mass is 16.3. The Morgan fingerprint density at radius 3 is 2.40 bits per heavy atom. The molecule has 0 saturated heterocycles. The molecule has 88 valence electrons. The molecule has 0 radical (unpaired) electrons. The highest BCUT2D eigenvalue weighted by Crippen LogP contribution is 2.23. The predicted molar refractivity (Wildman–Crippen MR) is 63.7 cm³/mol. The molecule has 0 fully saturated rings. The van der Waals surface area contributed by atoms with Crippen LogP contribution in [0.1, 0.15) is 46.0 Å². The molecular formula is C13H24O2. The molecule has 0 aliphatic heterocycles. The third kappa shape index (κ3) is 6.45. The second-order valence-corrected chi connectivity index (χ2v) is 3.98. The third-order valence-corrected chi connectivity index (χ3v) is 2.75. The number of carbonyl (C=O) groups excluding carboxylic acids is 1. The van der Waals surface area contributed by atoms with Crippen LogP contribution in [0.2, 0.25) is 0 Å². The van der Waals surface area contributed by atoms with E-state index in [1.54, 1.807) is 0 Å². The fraction of sp³-hybridized carbons (Fsp3) is 0.769. The lowest BCUT2D eigenvalue weighted by Crippen LogP contribution is -2.17. The van der Waals surface area contributed by atoms with Crippen LogP contribution in [0.15, 0.2) is 12.2 Å². The third-order valence-electron chi connectivity index (χ3n) is 2.75. The van der Waals surface area contributed by atoms with Gasteiger partial charge in [0.15, 0.2) is 0 Å². The van der Waals surface area contributed by atoms with Gasteiger partial charge in [0.1, 0.15) is 6.29 Å². The summed E-state index contributed by atoms with van der Waals surface area (Å²) in [5.41, 5.74) is 0. The van der Waals surface area contributed by atoms with E-state index in [0.717, 1.165) is 38.4 Å². The first-order valence-electron chi connectivity index (χ1n) is 6.01. The molecule has 0 spiro atoms. The predicted octanol–water partition coefficient (Wildman–Crippen LogP) is 2.96. The Balaban J connectivity index is 4.16. The molecule has 0 unspecified atom stereocenters. The first kappa shape index (κ1) is 14.4. The van der Waals surface area contributed by atoms with E-state index in [4.69, 9.17) is 5.11 Å². The summed E-state index contributed by atoms with van der Waals surface area (Å²) in [5, 5.41) is 8.95. The molecule has 0 aliphatic rings. The summed E-state index contributed by atoms with van der Waals surface area (Å²) in [7, 11) is 0. The standard InChI is InChI=1S/C13H24O2/c1-3-5-6-8-13(11-15)12(7-4-2)9-10-14/h5-6,11-14H,3-4,7-10H2,1-2H3/b6-5-/t12-,13+/m1/s1. The van der Waals surface area contributed by atoms with Gasteiger partial charge >= 0.3 is 0 Å². The van der Waals surface area contributed by atoms with Gasteiger partial charge in [0, 0.05) is 12.5 Å². The highest BCUT2D eigenvalue weighted by Gasteiger charge is 2.18. The maximum absolute atomic E-state index is 11.0. The van der Waals surface area contributed by atoms with Crippen LogP contribution in [0.3, 0.4) is 0 Å². The van der Waals surface area contributed by atoms with E-state index >= 15 is 0 Å². The second-order valence-electron chi connectivity index (χ2n) is 3.98. The Bertz CT molecular complexity index is 169. The number of aliphatic hydroxyl groups excluding tert-OH is 1. The van der Waals surface area contributed by atoms with Gasteiger partial charge < -0.3 is 9.90 Å². The molecular weight excluding hydrogens is 188 g/mol. The van der Waals surface area contributed by atoms with Gasteiger partial charge in [-0.2, -0.15) is 0 Å². The molecule has 2 nitrogen and oxygen atoms in total. The minimum Gasteiger partial charge on any atom is -0.396 e. The maximum atomic E-state index is 11.0. The molecule has 0 aromatic heterocycles. The van der Waals surface area contributed by atoms with Gasteiger partial charge in [-0.05, 0) is 31.6 Å². The molecule has 0 amide bonds. The number of allylic oxidation sites excluding steroid dienone is 2. The zero-order valence-corrected chi connectivity index (χ0v) is 9.98. The van der Waals surface area contributed by atoms with Crippen molar-refractivity contribution in [2.75, 3.05) is 6.61 Å². The normalized spacial score (nSPS) is 15.4. The van der Waals surface area contributed by atoms with Crippen LogP contribution < -0.4 is 0 Å². The summed E-state index contributed by atoms with van der Waals surface area (Å²) in [6.45, 7) is 4.39. The Hall–Kier alpha value is -0.630. The summed E-state index contributed by atoms with van der Waals surface area (Å²) in [4.78, 5) is 11.0. The lowest BCUT2D eigenvalue weighted by Gasteiger charge is -2.20. The first-order chi connectivity index (χ1) is 7.29. The van der Waals surface area contributed by atoms with Crippen molar-refractivity contribution in [1.82, 2.24) is 0 Å². The molecule has 15 heavy (non-hydrogen) atoms. The second kappa shape index (κ2) is 9.91. The molecule has 0 aliphatic carbocycles. The Labute approximate surface area is 93.4 Å². The fourth-order valence-corrected chi connectivity index (χ4v) is 1.89. The van der Waals surface area contributed by atoms with Crippen LogP contribution in [0, 0.1) is 11.8 Å². The minimum atomic E-state index is 0.0832. The molecule has 1 N–H and O–H groups in total. The quantitative estimate of drug-likeness (QED) is 0.471. The van der Waals surface area contributed by atoms with Crippen molar-refractivity contribution in [2.45, 2.75) is 46.0 Å². The highest BCUT2D eigenvalue weighted by molar-refractivity contribution is 5.54. The van der Waals surface area contributed by atoms with Gasteiger partial charge in [-0.15, -0.1) is 0 Å². The van der Waals surface area contributed by atoms with Crippen molar-refractivity contribution < 1.29 is 9.90 Å². The zero-order valence-electron chi connectivity index (χ0n) is 9.98. The lowest BCUT2D eigenvalue weighted by atomic mass is 9.85. The van der Waals surface area contributed by atoms with Crippen LogP contribution in [0.4, 0.5) is 0 Å². The van der Waals surface area contributed by atoms with Crippen LogP contribution in [-0.4, -0.2) is 18.0 Å². The SMILES string of the molecule is CC/C=C\C[C@@H](C=O)[C@H](CCC)CCO. The lowest BCUT2D eigenvalue weighted by molar-refractivity contribution is -0.112. The van der Waals surface area contributed by atoms with E-state index in [9.17, 15) is 4.79 Å². The monoisotopic (exact) mass is 212 g/mol. The summed E-state index contributed by atoms with van der Waals surface area (Å²) in [6.07, 6.45) is 9.92. The first-order valence-corrected chi connectivity index (χ1v) is 6.01. The Kier molecular flexibility index (Phi) is 9.49. The summed E-state index contributed by atoms with van der Waals surface area (Å²) in [5.74, 6) is 0.430. The van der Waals surface area contributed by atoms with Crippen LogP contribution in [-0.2, 0) is 4.79 Å². The summed E-state index contributed by atoms with van der Waals surface area (Å²) >= 11 is 0. The van der Waals surface area contributed by atoms with E-state index in [0.29, 0.717) is 5.92 Å². The van der Waals surface area contributed by atoms with Crippen LogP contribution >= 0.6 is 0 Å². The smallest absolute Gasteiger partial charge is 0.123 e. The Morgan fingerprint density at radius 2 is 1.93 bits per heavy atom. The van der Waals surface area contributed by atoms with Gasteiger partial charge in [0.05, 0.1) is 0 Å². The van der Waals surface area contributed by atoms with E-state index in [-0.39, 0.29) is 12.5 Å². The van der Waals surface area contributed by atoms with Crippen molar-refractivity contribution in [2.24, 2.45) is 11.8 Å². The average Bonchev–Trinajstić information content (AvgIpc) is 2.24. The topological polar surface area (TPSA) is 37.3 Å². The van der Waals surface area contributed by atoms with Gasteiger partial charge in [-0.25, -0.2) is 0 Å². The van der Waals surface area contributed by atoms with Gasteiger partial charge in [0.25, 0.3) is 0 Å². The number of aliphatic hydroxyl groups is 1. The van der Waals surface area contributed by atoms with Crippen molar-refractivity contribution in [3.05, 3.63) is 12.2 Å². The molecule has 0 rings (SSSR count). The molecule has 0 heterocycles. The van der Waals surface area contributed by atoms with E-state index in [1.165, 1.54) is 0 Å². The maximum Gasteiger partial charge on any atom is 0.123 e. The molecule has 2 heteroatoms. The van der Waals surface area contributed by atoms with E-state index in [2.05, 4.69) is 26.0 Å².